The van der Waals surface area contributed by atoms with Crippen molar-refractivity contribution in [3.8, 4) is 16.6 Å². The van der Waals surface area contributed by atoms with Gasteiger partial charge in [0, 0.05) is 18.0 Å². The van der Waals surface area contributed by atoms with Gasteiger partial charge in [0.25, 0.3) is 0 Å². The summed E-state index contributed by atoms with van der Waals surface area (Å²) in [6, 6.07) is 5.25. The van der Waals surface area contributed by atoms with E-state index in [-0.39, 0.29) is 10.6 Å². The summed E-state index contributed by atoms with van der Waals surface area (Å²) in [5, 5.41) is 18.1. The molecule has 2 heterocycles. The number of hydrogen-bond acceptors (Lipinski definition) is 5. The largest absolute Gasteiger partial charge is 0.476 e. The van der Waals surface area contributed by atoms with Gasteiger partial charge in [0.15, 0.2) is 5.69 Å². The molecule has 78 valence electrons. The Bertz CT molecular complexity index is 571. The normalized spacial score (nSPS) is 9.69. The molecule has 0 atom stereocenters. The molecule has 5 nitrogen and oxygen atoms in total. The number of carboxylic acids is 1. The predicted octanol–water partition coefficient (Wildman–Crippen LogP) is 1.77. The molecular formula is C10H5N3O2S. The standard InChI is InChI=1S/C10H5N3O2S/c11-5-7-8(10(14)15)13-9(16-7)6-1-3-12-4-2-6/h1-4H,(H,14,15). The van der Waals surface area contributed by atoms with Crippen molar-refractivity contribution in [2.24, 2.45) is 0 Å². The van der Waals surface area contributed by atoms with E-state index < -0.39 is 5.97 Å². The summed E-state index contributed by atoms with van der Waals surface area (Å²) in [5.41, 5.74) is 0.559. The summed E-state index contributed by atoms with van der Waals surface area (Å²) in [7, 11) is 0. The number of hydrogen-bond donors (Lipinski definition) is 1. The smallest absolute Gasteiger partial charge is 0.356 e. The van der Waals surface area contributed by atoms with E-state index in [0.29, 0.717) is 5.01 Å². The van der Waals surface area contributed by atoms with Crippen molar-refractivity contribution in [2.45, 2.75) is 0 Å². The highest BCUT2D eigenvalue weighted by Crippen LogP contribution is 2.27. The summed E-state index contributed by atoms with van der Waals surface area (Å²) in [4.78, 5) is 18.7. The number of aromatic nitrogens is 2. The fourth-order valence-electron chi connectivity index (χ4n) is 1.16. The third kappa shape index (κ3) is 1.76. The lowest BCUT2D eigenvalue weighted by Gasteiger charge is -1.92. The van der Waals surface area contributed by atoms with Gasteiger partial charge in [-0.05, 0) is 12.1 Å². The highest BCUT2D eigenvalue weighted by molar-refractivity contribution is 7.15. The molecule has 0 saturated carbocycles. The minimum Gasteiger partial charge on any atom is -0.476 e. The van der Waals surface area contributed by atoms with Crippen molar-refractivity contribution in [1.82, 2.24) is 9.97 Å². The van der Waals surface area contributed by atoms with Gasteiger partial charge >= 0.3 is 5.97 Å². The Balaban J connectivity index is 2.54. The second-order valence-electron chi connectivity index (χ2n) is 2.85. The molecule has 16 heavy (non-hydrogen) atoms. The van der Waals surface area contributed by atoms with Gasteiger partial charge in [-0.1, -0.05) is 0 Å². The summed E-state index contributed by atoms with van der Waals surface area (Å²) >= 11 is 1.06. The van der Waals surface area contributed by atoms with Crippen molar-refractivity contribution < 1.29 is 9.90 Å². The van der Waals surface area contributed by atoms with Crippen LogP contribution in [0.2, 0.25) is 0 Å². The number of carboxylic acid groups (broad SMARTS) is 1. The number of nitriles is 1. The molecule has 0 fully saturated rings. The van der Waals surface area contributed by atoms with Crippen molar-refractivity contribution in [3.63, 3.8) is 0 Å². The predicted molar refractivity (Wildman–Crippen MR) is 57.0 cm³/mol. The topological polar surface area (TPSA) is 86.9 Å². The number of pyridine rings is 1. The molecule has 2 aromatic heterocycles. The third-order valence-corrected chi connectivity index (χ3v) is 2.87. The Kier molecular flexibility index (Phi) is 2.62. The minimum absolute atomic E-state index is 0.110. The summed E-state index contributed by atoms with van der Waals surface area (Å²) < 4.78 is 0. The number of carbonyl (C=O) groups is 1. The van der Waals surface area contributed by atoms with Crippen molar-refractivity contribution in [2.75, 3.05) is 0 Å². The van der Waals surface area contributed by atoms with Gasteiger partial charge < -0.3 is 5.11 Å². The van der Waals surface area contributed by atoms with E-state index in [1.54, 1.807) is 24.5 Å². The van der Waals surface area contributed by atoms with Gasteiger partial charge in [-0.3, -0.25) is 4.98 Å². The molecule has 1 N–H and O–H groups in total. The molecule has 0 aliphatic rings. The highest BCUT2D eigenvalue weighted by Gasteiger charge is 2.17. The Morgan fingerprint density at radius 2 is 2.12 bits per heavy atom. The lowest BCUT2D eigenvalue weighted by atomic mass is 10.3. The van der Waals surface area contributed by atoms with E-state index in [4.69, 9.17) is 10.4 Å². The second-order valence-corrected chi connectivity index (χ2v) is 3.85. The van der Waals surface area contributed by atoms with Crippen LogP contribution >= 0.6 is 11.3 Å². The van der Waals surface area contributed by atoms with Crippen LogP contribution < -0.4 is 0 Å². The van der Waals surface area contributed by atoms with Gasteiger partial charge in [-0.25, -0.2) is 9.78 Å². The molecule has 0 aliphatic heterocycles. The summed E-state index contributed by atoms with van der Waals surface area (Å²) in [6.45, 7) is 0. The van der Waals surface area contributed by atoms with E-state index >= 15 is 0 Å². The van der Waals surface area contributed by atoms with Gasteiger partial charge in [0.1, 0.15) is 16.0 Å². The van der Waals surface area contributed by atoms with Crippen LogP contribution in [0.1, 0.15) is 15.4 Å². The molecule has 0 spiro atoms. The van der Waals surface area contributed by atoms with E-state index in [2.05, 4.69) is 9.97 Å². The summed E-state index contributed by atoms with van der Waals surface area (Å²) in [5.74, 6) is -1.19. The maximum Gasteiger partial charge on any atom is 0.356 e. The van der Waals surface area contributed by atoms with Crippen LogP contribution in [0, 0.1) is 11.3 Å². The lowest BCUT2D eigenvalue weighted by molar-refractivity contribution is 0.0691. The van der Waals surface area contributed by atoms with E-state index in [1.807, 2.05) is 6.07 Å². The number of nitrogens with zero attached hydrogens (tertiary/aromatic N) is 3. The van der Waals surface area contributed by atoms with Gasteiger partial charge in [-0.2, -0.15) is 5.26 Å². The van der Waals surface area contributed by atoms with Crippen molar-refractivity contribution in [1.29, 1.82) is 5.26 Å². The molecule has 0 aliphatic carbocycles. The van der Waals surface area contributed by atoms with Crippen LogP contribution in [-0.2, 0) is 0 Å². The average molecular weight is 231 g/mol. The van der Waals surface area contributed by atoms with E-state index in [1.165, 1.54) is 0 Å². The SMILES string of the molecule is N#Cc1sc(-c2ccncc2)nc1C(=O)O. The molecule has 0 unspecified atom stereocenters. The fourth-order valence-corrected chi connectivity index (χ4v) is 2.02. The average Bonchev–Trinajstić information content (AvgIpc) is 2.74. The zero-order valence-corrected chi connectivity index (χ0v) is 8.73. The van der Waals surface area contributed by atoms with Gasteiger partial charge in [0.05, 0.1) is 0 Å². The zero-order chi connectivity index (χ0) is 11.5. The first-order valence-corrected chi connectivity index (χ1v) is 5.08. The van der Waals surface area contributed by atoms with E-state index in [9.17, 15) is 4.79 Å². The minimum atomic E-state index is -1.19. The Morgan fingerprint density at radius 3 is 2.62 bits per heavy atom. The van der Waals surface area contributed by atoms with Gasteiger partial charge in [-0.15, -0.1) is 11.3 Å². The molecule has 2 aromatic rings. The first-order chi connectivity index (χ1) is 7.72. The Hall–Kier alpha value is -2.26. The highest BCUT2D eigenvalue weighted by atomic mass is 32.1. The lowest BCUT2D eigenvalue weighted by Crippen LogP contribution is -1.98. The Labute approximate surface area is 94.6 Å². The van der Waals surface area contributed by atoms with Crippen LogP contribution in [0.15, 0.2) is 24.5 Å². The van der Waals surface area contributed by atoms with Crippen LogP contribution in [0.25, 0.3) is 10.6 Å². The quantitative estimate of drug-likeness (QED) is 0.851. The zero-order valence-electron chi connectivity index (χ0n) is 7.91. The van der Waals surface area contributed by atoms with Crippen LogP contribution in [0.4, 0.5) is 0 Å². The number of rotatable bonds is 2. The monoisotopic (exact) mass is 231 g/mol. The Morgan fingerprint density at radius 1 is 1.44 bits per heavy atom. The molecular weight excluding hydrogens is 226 g/mol. The maximum atomic E-state index is 10.8. The van der Waals surface area contributed by atoms with Crippen molar-refractivity contribution in [3.05, 3.63) is 35.1 Å². The first-order valence-electron chi connectivity index (χ1n) is 4.27. The number of thiazole rings is 1. The number of aromatic carboxylic acids is 1. The van der Waals surface area contributed by atoms with E-state index in [0.717, 1.165) is 16.9 Å². The fraction of sp³-hybridized carbons (Fsp3) is 0. The van der Waals surface area contributed by atoms with Crippen molar-refractivity contribution >= 4 is 17.3 Å². The molecule has 6 heteroatoms. The molecule has 2 rings (SSSR count). The van der Waals surface area contributed by atoms with Crippen LogP contribution in [0.3, 0.4) is 0 Å². The molecule has 0 bridgehead atoms. The second kappa shape index (κ2) is 4.08. The third-order valence-electron chi connectivity index (χ3n) is 1.86. The maximum absolute atomic E-state index is 10.8. The van der Waals surface area contributed by atoms with Crippen LogP contribution in [-0.4, -0.2) is 21.0 Å². The molecule has 0 saturated heterocycles. The molecule has 0 aromatic carbocycles. The summed E-state index contributed by atoms with van der Waals surface area (Å²) in [6.07, 6.45) is 3.17. The van der Waals surface area contributed by atoms with Gasteiger partial charge in [0.2, 0.25) is 0 Å². The molecule has 0 radical (unpaired) electrons. The van der Waals surface area contributed by atoms with Crippen LogP contribution in [0.5, 0.6) is 0 Å². The first kappa shape index (κ1) is 10.3. The molecule has 0 amide bonds.